The maximum absolute atomic E-state index is 11.9. The van der Waals surface area contributed by atoms with Gasteiger partial charge in [0.15, 0.2) is 17.1 Å². The fourth-order valence-corrected chi connectivity index (χ4v) is 4.31. The molecule has 32 heavy (non-hydrogen) atoms. The lowest BCUT2D eigenvalue weighted by molar-refractivity contribution is -0.132. The molecule has 0 amide bonds. The summed E-state index contributed by atoms with van der Waals surface area (Å²) in [7, 11) is 0. The fraction of sp³-hybridized carbons (Fsp3) is 0.138. The Morgan fingerprint density at radius 1 is 0.844 bits per heavy atom. The first-order valence-electron chi connectivity index (χ1n) is 10.7. The molecule has 158 valence electrons. The Morgan fingerprint density at radius 3 is 2.03 bits per heavy atom. The number of carbonyl (C=O) groups is 1. The summed E-state index contributed by atoms with van der Waals surface area (Å²) in [5, 5.41) is 2.05. The van der Waals surface area contributed by atoms with Crippen LogP contribution in [0.3, 0.4) is 0 Å². The van der Waals surface area contributed by atoms with Crippen LogP contribution in [0, 0.1) is 13.8 Å². The average molecular weight is 421 g/mol. The Bertz CT molecular complexity index is 1300. The van der Waals surface area contributed by atoms with E-state index in [9.17, 15) is 4.79 Å². The van der Waals surface area contributed by atoms with Gasteiger partial charge in [-0.1, -0.05) is 83.9 Å². The Balaban J connectivity index is 1.78. The predicted molar refractivity (Wildman–Crippen MR) is 128 cm³/mol. The number of fused-ring (bicyclic) bond motifs is 3. The molecule has 0 aromatic heterocycles. The van der Waals surface area contributed by atoms with E-state index < -0.39 is 5.60 Å². The van der Waals surface area contributed by atoms with Gasteiger partial charge in [-0.2, -0.15) is 0 Å². The predicted octanol–water partition coefficient (Wildman–Crippen LogP) is 6.73. The third kappa shape index (κ3) is 3.36. The number of hydrogen-bond acceptors (Lipinski definition) is 3. The first-order valence-corrected chi connectivity index (χ1v) is 10.7. The van der Waals surface area contributed by atoms with Crippen LogP contribution in [-0.2, 0) is 10.4 Å². The minimum atomic E-state index is -0.842. The molecule has 0 bridgehead atoms. The van der Waals surface area contributed by atoms with Crippen molar-refractivity contribution in [1.29, 1.82) is 0 Å². The zero-order chi connectivity index (χ0) is 22.3. The molecule has 0 fully saturated rings. The maximum Gasteiger partial charge on any atom is 0.308 e. The molecule has 0 unspecified atom stereocenters. The van der Waals surface area contributed by atoms with Crippen LogP contribution >= 0.6 is 0 Å². The summed E-state index contributed by atoms with van der Waals surface area (Å²) < 4.78 is 12.5. The van der Waals surface area contributed by atoms with Gasteiger partial charge < -0.3 is 9.47 Å². The van der Waals surface area contributed by atoms with Gasteiger partial charge in [0.05, 0.1) is 0 Å². The number of ether oxygens (including phenoxy) is 2. The lowest BCUT2D eigenvalue weighted by Gasteiger charge is -2.37. The summed E-state index contributed by atoms with van der Waals surface area (Å²) in [6, 6.07) is 26.7. The summed E-state index contributed by atoms with van der Waals surface area (Å²) in [6.45, 7) is 5.55. The molecule has 4 aromatic rings. The van der Waals surface area contributed by atoms with Gasteiger partial charge in [-0.25, -0.2) is 0 Å². The van der Waals surface area contributed by atoms with Crippen LogP contribution in [0.25, 0.3) is 16.8 Å². The molecule has 1 heterocycles. The highest BCUT2D eigenvalue weighted by atomic mass is 16.6. The summed E-state index contributed by atoms with van der Waals surface area (Å²) >= 11 is 0. The second-order valence-electron chi connectivity index (χ2n) is 8.34. The van der Waals surface area contributed by atoms with Crippen molar-refractivity contribution in [3.8, 4) is 11.5 Å². The van der Waals surface area contributed by atoms with Crippen molar-refractivity contribution in [3.63, 3.8) is 0 Å². The van der Waals surface area contributed by atoms with Crippen LogP contribution in [0.1, 0.15) is 34.7 Å². The smallest absolute Gasteiger partial charge is 0.308 e. The highest BCUT2D eigenvalue weighted by Gasteiger charge is 2.38. The van der Waals surface area contributed by atoms with Crippen molar-refractivity contribution in [2.24, 2.45) is 0 Å². The van der Waals surface area contributed by atoms with E-state index in [4.69, 9.17) is 9.47 Å². The molecule has 3 nitrogen and oxygen atoms in total. The first-order chi connectivity index (χ1) is 15.5. The molecule has 0 aliphatic carbocycles. The van der Waals surface area contributed by atoms with Gasteiger partial charge in [-0.05, 0) is 42.8 Å². The van der Waals surface area contributed by atoms with Gasteiger partial charge in [0, 0.05) is 23.6 Å². The van der Waals surface area contributed by atoms with E-state index in [2.05, 4.69) is 80.6 Å². The maximum atomic E-state index is 11.9. The van der Waals surface area contributed by atoms with Crippen LogP contribution in [-0.4, -0.2) is 5.97 Å². The van der Waals surface area contributed by atoms with Crippen molar-refractivity contribution < 1.29 is 14.3 Å². The molecule has 1 aliphatic rings. The van der Waals surface area contributed by atoms with Crippen molar-refractivity contribution >= 4 is 22.8 Å². The van der Waals surface area contributed by atoms with Crippen LogP contribution in [0.15, 0.2) is 84.9 Å². The molecule has 4 aromatic carbocycles. The highest BCUT2D eigenvalue weighted by Crippen LogP contribution is 2.48. The zero-order valence-electron chi connectivity index (χ0n) is 18.4. The Hall–Kier alpha value is -3.85. The SMILES string of the molecule is CC(=O)Oc1cc2ccccc2c2c1OC(c1ccc(C)cc1)(c1ccc(C)cc1)C=C2. The summed E-state index contributed by atoms with van der Waals surface area (Å²) in [6.07, 6.45) is 4.20. The average Bonchev–Trinajstić information content (AvgIpc) is 2.79. The molecule has 0 saturated carbocycles. The van der Waals surface area contributed by atoms with Crippen molar-refractivity contribution in [3.05, 3.63) is 113 Å². The van der Waals surface area contributed by atoms with E-state index in [1.54, 1.807) is 0 Å². The molecule has 0 radical (unpaired) electrons. The molecule has 0 spiro atoms. The Morgan fingerprint density at radius 2 is 1.44 bits per heavy atom. The molecular weight excluding hydrogens is 396 g/mol. The lowest BCUT2D eigenvalue weighted by Crippen LogP contribution is -2.34. The van der Waals surface area contributed by atoms with Crippen LogP contribution in [0.5, 0.6) is 11.5 Å². The quantitative estimate of drug-likeness (QED) is 0.272. The second-order valence-corrected chi connectivity index (χ2v) is 8.34. The number of rotatable bonds is 3. The summed E-state index contributed by atoms with van der Waals surface area (Å²) in [5.41, 5.74) is 4.45. The fourth-order valence-electron chi connectivity index (χ4n) is 4.31. The van der Waals surface area contributed by atoms with E-state index in [1.165, 1.54) is 18.1 Å². The largest absolute Gasteiger partial charge is 0.469 e. The first kappa shape index (κ1) is 20.1. The number of hydrogen-bond donors (Lipinski definition) is 0. The third-order valence-corrected chi connectivity index (χ3v) is 5.97. The van der Waals surface area contributed by atoms with Gasteiger partial charge in [0.2, 0.25) is 0 Å². The Kier molecular flexibility index (Phi) is 4.82. The molecule has 0 N–H and O–H groups in total. The Labute approximate surface area is 187 Å². The summed E-state index contributed by atoms with van der Waals surface area (Å²) in [4.78, 5) is 11.9. The molecule has 1 aliphatic heterocycles. The number of aryl methyl sites for hydroxylation is 2. The van der Waals surface area contributed by atoms with E-state index in [0.29, 0.717) is 11.5 Å². The number of carbonyl (C=O) groups excluding carboxylic acids is 1. The van der Waals surface area contributed by atoms with Crippen molar-refractivity contribution in [1.82, 2.24) is 0 Å². The van der Waals surface area contributed by atoms with E-state index in [-0.39, 0.29) is 5.97 Å². The molecule has 0 atom stereocenters. The molecular formula is C29H24O3. The molecule has 3 heteroatoms. The van der Waals surface area contributed by atoms with Gasteiger partial charge in [-0.15, -0.1) is 0 Å². The highest BCUT2D eigenvalue weighted by molar-refractivity contribution is 5.96. The number of benzene rings is 4. The van der Waals surface area contributed by atoms with E-state index in [0.717, 1.165) is 27.5 Å². The molecule has 5 rings (SSSR count). The van der Waals surface area contributed by atoms with E-state index >= 15 is 0 Å². The van der Waals surface area contributed by atoms with E-state index in [1.807, 2.05) is 24.3 Å². The second kappa shape index (κ2) is 7.69. The van der Waals surface area contributed by atoms with Gasteiger partial charge >= 0.3 is 5.97 Å². The minimum absolute atomic E-state index is 0.378. The zero-order valence-corrected chi connectivity index (χ0v) is 18.4. The van der Waals surface area contributed by atoms with Gasteiger partial charge in [0.1, 0.15) is 0 Å². The normalized spacial score (nSPS) is 14.0. The standard InChI is InChI=1S/C29H24O3/c1-19-8-12-23(13-9-19)29(24-14-10-20(2)11-15-24)17-16-26-25-7-5-4-6-22(25)18-27(28(26)32-29)31-21(3)30/h4-18H,1-3H3. The van der Waals surface area contributed by atoms with Crippen LogP contribution < -0.4 is 9.47 Å². The van der Waals surface area contributed by atoms with Crippen molar-refractivity contribution in [2.45, 2.75) is 26.4 Å². The summed E-state index contributed by atoms with van der Waals surface area (Å²) in [5.74, 6) is 0.624. The van der Waals surface area contributed by atoms with Crippen LogP contribution in [0.4, 0.5) is 0 Å². The van der Waals surface area contributed by atoms with Gasteiger partial charge in [-0.3, -0.25) is 4.79 Å². The number of esters is 1. The lowest BCUT2D eigenvalue weighted by atomic mass is 9.82. The van der Waals surface area contributed by atoms with Crippen LogP contribution in [0.2, 0.25) is 0 Å². The molecule has 0 saturated heterocycles. The van der Waals surface area contributed by atoms with Crippen molar-refractivity contribution in [2.75, 3.05) is 0 Å². The monoisotopic (exact) mass is 420 g/mol. The topological polar surface area (TPSA) is 35.5 Å². The van der Waals surface area contributed by atoms with Gasteiger partial charge in [0.25, 0.3) is 0 Å². The minimum Gasteiger partial charge on any atom is -0.469 e. The third-order valence-electron chi connectivity index (χ3n) is 5.97.